The third-order valence-electron chi connectivity index (χ3n) is 6.83. The molecule has 9 nitrogen and oxygen atoms in total. The van der Waals surface area contributed by atoms with Crippen molar-refractivity contribution in [3.8, 4) is 11.4 Å². The second-order valence-corrected chi connectivity index (χ2v) is 10.5. The number of tetrazole rings is 1. The van der Waals surface area contributed by atoms with E-state index in [-0.39, 0.29) is 10.9 Å². The fraction of sp³-hybridized carbons (Fsp3) is 0.348. The molecule has 0 fully saturated rings. The first-order valence-corrected chi connectivity index (χ1v) is 12.5. The summed E-state index contributed by atoms with van der Waals surface area (Å²) in [6, 6.07) is 11.2. The van der Waals surface area contributed by atoms with E-state index in [0.717, 1.165) is 25.0 Å². The Balaban J connectivity index is 1.46. The van der Waals surface area contributed by atoms with E-state index in [2.05, 4.69) is 45.2 Å². The zero-order chi connectivity index (χ0) is 22.7. The number of ether oxygens (including phenoxy) is 1. The lowest BCUT2D eigenvalue weighted by Gasteiger charge is -2.39. The predicted octanol–water partition coefficient (Wildman–Crippen LogP) is 3.02. The number of fused-ring (bicyclic) bond motifs is 3. The van der Waals surface area contributed by atoms with Crippen LogP contribution in [0, 0.1) is 6.92 Å². The van der Waals surface area contributed by atoms with Crippen molar-refractivity contribution in [2.24, 2.45) is 0 Å². The molecular formula is C23H24N6O3S. The van der Waals surface area contributed by atoms with Crippen molar-refractivity contribution in [1.29, 1.82) is 0 Å². The van der Waals surface area contributed by atoms with E-state index >= 15 is 0 Å². The highest BCUT2D eigenvalue weighted by atomic mass is 32.2. The summed E-state index contributed by atoms with van der Waals surface area (Å²) in [5.41, 5.74) is 5.37. The summed E-state index contributed by atoms with van der Waals surface area (Å²) in [7, 11) is -2.22. The van der Waals surface area contributed by atoms with Crippen LogP contribution in [0.2, 0.25) is 0 Å². The summed E-state index contributed by atoms with van der Waals surface area (Å²) in [5, 5.41) is 12.5. The SMILES string of the molecule is COc1ccc(S(=O)(=O)N2CCn3c4c(c5cc(C)ccc53)CCCC42)cc1-n1cnnn1. The highest BCUT2D eigenvalue weighted by Crippen LogP contribution is 2.44. The van der Waals surface area contributed by atoms with Gasteiger partial charge in [0, 0.05) is 29.7 Å². The van der Waals surface area contributed by atoms with Crippen LogP contribution in [0.5, 0.6) is 5.75 Å². The van der Waals surface area contributed by atoms with Gasteiger partial charge in [-0.3, -0.25) is 0 Å². The lowest BCUT2D eigenvalue weighted by Crippen LogP contribution is -2.43. The summed E-state index contributed by atoms with van der Waals surface area (Å²) in [6.07, 6.45) is 4.19. The summed E-state index contributed by atoms with van der Waals surface area (Å²) in [4.78, 5) is 0.210. The lowest BCUT2D eigenvalue weighted by molar-refractivity contribution is 0.243. The van der Waals surface area contributed by atoms with Crippen LogP contribution < -0.4 is 4.74 Å². The van der Waals surface area contributed by atoms with Crippen LogP contribution in [-0.2, 0) is 23.0 Å². The van der Waals surface area contributed by atoms with Gasteiger partial charge in [0.1, 0.15) is 17.8 Å². The fourth-order valence-corrected chi connectivity index (χ4v) is 7.02. The summed E-state index contributed by atoms with van der Waals surface area (Å²) in [6.45, 7) is 3.18. The van der Waals surface area contributed by atoms with Crippen molar-refractivity contribution in [1.82, 2.24) is 29.1 Å². The Morgan fingerprint density at radius 2 is 2.00 bits per heavy atom. The standard InChI is InChI=1S/C23H24N6O3S/c1-15-6-8-19-18(12-15)17-4-3-5-20-23(17)27(19)10-11-29(20)33(30,31)16-7-9-22(32-2)21(13-16)28-14-24-25-26-28/h6-9,12-14,20H,3-5,10-11H2,1-2H3. The molecular weight excluding hydrogens is 440 g/mol. The number of hydrogen-bond acceptors (Lipinski definition) is 6. The monoisotopic (exact) mass is 464 g/mol. The number of nitrogens with zero attached hydrogens (tertiary/aromatic N) is 6. The molecule has 3 heterocycles. The quantitative estimate of drug-likeness (QED) is 0.461. The van der Waals surface area contributed by atoms with Crippen molar-refractivity contribution in [2.75, 3.05) is 13.7 Å². The number of hydrogen-bond donors (Lipinski definition) is 0. The van der Waals surface area contributed by atoms with Gasteiger partial charge in [0.2, 0.25) is 10.0 Å². The van der Waals surface area contributed by atoms with Crippen LogP contribution in [0.15, 0.2) is 47.6 Å². The Kier molecular flexibility index (Phi) is 4.56. The Hall–Kier alpha value is -3.24. The number of sulfonamides is 1. The van der Waals surface area contributed by atoms with Crippen LogP contribution in [0.4, 0.5) is 0 Å². The van der Waals surface area contributed by atoms with Gasteiger partial charge in [-0.25, -0.2) is 8.42 Å². The van der Waals surface area contributed by atoms with Gasteiger partial charge in [-0.05, 0) is 72.5 Å². The lowest BCUT2D eigenvalue weighted by atomic mass is 9.90. The van der Waals surface area contributed by atoms with Crippen LogP contribution >= 0.6 is 0 Å². The van der Waals surface area contributed by atoms with Gasteiger partial charge in [0.15, 0.2) is 0 Å². The van der Waals surface area contributed by atoms with Gasteiger partial charge < -0.3 is 9.30 Å². The van der Waals surface area contributed by atoms with Gasteiger partial charge in [0.25, 0.3) is 0 Å². The van der Waals surface area contributed by atoms with Crippen molar-refractivity contribution in [3.05, 3.63) is 59.5 Å². The van der Waals surface area contributed by atoms with Crippen molar-refractivity contribution in [3.63, 3.8) is 0 Å². The smallest absolute Gasteiger partial charge is 0.243 e. The maximum absolute atomic E-state index is 13.9. The number of benzene rings is 2. The Labute approximate surface area is 191 Å². The Morgan fingerprint density at radius 3 is 2.79 bits per heavy atom. The minimum absolute atomic E-state index is 0.168. The molecule has 0 spiro atoms. The molecule has 2 aliphatic rings. The first kappa shape index (κ1) is 20.4. The minimum Gasteiger partial charge on any atom is -0.494 e. The molecule has 0 saturated heterocycles. The largest absolute Gasteiger partial charge is 0.494 e. The van der Waals surface area contributed by atoms with E-state index in [4.69, 9.17) is 4.74 Å². The topological polar surface area (TPSA) is 95.1 Å². The first-order valence-electron chi connectivity index (χ1n) is 11.0. The predicted molar refractivity (Wildman–Crippen MR) is 122 cm³/mol. The second kappa shape index (κ2) is 7.39. The van der Waals surface area contributed by atoms with Crippen molar-refractivity contribution in [2.45, 2.75) is 43.7 Å². The molecule has 33 heavy (non-hydrogen) atoms. The Morgan fingerprint density at radius 1 is 1.12 bits per heavy atom. The first-order chi connectivity index (χ1) is 16.0. The minimum atomic E-state index is -3.75. The van der Waals surface area contributed by atoms with Crippen LogP contribution in [0.1, 0.15) is 35.7 Å². The molecule has 0 radical (unpaired) electrons. The van der Waals surface area contributed by atoms with Gasteiger partial charge >= 0.3 is 0 Å². The van der Waals surface area contributed by atoms with Gasteiger partial charge in [-0.15, -0.1) is 5.10 Å². The van der Waals surface area contributed by atoms with Gasteiger partial charge in [-0.2, -0.15) is 8.99 Å². The number of aryl methyl sites for hydroxylation is 2. The fourth-order valence-electron chi connectivity index (χ4n) is 5.39. The maximum Gasteiger partial charge on any atom is 0.243 e. The molecule has 1 unspecified atom stereocenters. The van der Waals surface area contributed by atoms with Crippen LogP contribution in [-0.4, -0.2) is 51.2 Å². The number of aromatic nitrogens is 5. The third kappa shape index (κ3) is 3.01. The summed E-state index contributed by atoms with van der Waals surface area (Å²) >= 11 is 0. The normalized spacial score (nSPS) is 18.4. The van der Waals surface area contributed by atoms with E-state index in [0.29, 0.717) is 24.5 Å². The molecule has 4 aromatic rings. The molecule has 0 N–H and O–H groups in total. The molecule has 10 heteroatoms. The van der Waals surface area contributed by atoms with E-state index in [1.807, 2.05) is 0 Å². The molecule has 1 aliphatic carbocycles. The Bertz CT molecular complexity index is 1480. The van der Waals surface area contributed by atoms with Gasteiger partial charge in [-0.1, -0.05) is 11.6 Å². The van der Waals surface area contributed by atoms with Crippen molar-refractivity contribution >= 4 is 20.9 Å². The van der Waals surface area contributed by atoms with E-state index < -0.39 is 10.0 Å². The molecule has 6 rings (SSSR count). The molecule has 170 valence electrons. The number of methoxy groups -OCH3 is 1. The number of rotatable bonds is 4. The third-order valence-corrected chi connectivity index (χ3v) is 8.74. The van der Waals surface area contributed by atoms with Gasteiger partial charge in [0.05, 0.1) is 18.0 Å². The van der Waals surface area contributed by atoms with Crippen LogP contribution in [0.3, 0.4) is 0 Å². The molecule has 2 aromatic carbocycles. The molecule has 0 amide bonds. The molecule has 2 aromatic heterocycles. The summed E-state index contributed by atoms with van der Waals surface area (Å²) < 4.78 is 38.7. The average molecular weight is 465 g/mol. The zero-order valence-corrected chi connectivity index (χ0v) is 19.3. The molecule has 1 atom stereocenters. The summed E-state index contributed by atoms with van der Waals surface area (Å²) in [5.74, 6) is 0.496. The maximum atomic E-state index is 13.9. The molecule has 1 aliphatic heterocycles. The molecule has 0 bridgehead atoms. The average Bonchev–Trinajstić information content (AvgIpc) is 3.47. The van der Waals surface area contributed by atoms with E-state index in [1.54, 1.807) is 22.5 Å². The second-order valence-electron chi connectivity index (χ2n) is 8.65. The highest BCUT2D eigenvalue weighted by molar-refractivity contribution is 7.89. The molecule has 0 saturated carbocycles. The van der Waals surface area contributed by atoms with E-state index in [9.17, 15) is 8.42 Å². The van der Waals surface area contributed by atoms with E-state index in [1.165, 1.54) is 40.1 Å². The van der Waals surface area contributed by atoms with Crippen molar-refractivity contribution < 1.29 is 13.2 Å². The van der Waals surface area contributed by atoms with Crippen LogP contribution in [0.25, 0.3) is 16.6 Å². The highest BCUT2D eigenvalue weighted by Gasteiger charge is 2.41. The zero-order valence-electron chi connectivity index (χ0n) is 18.5.